The van der Waals surface area contributed by atoms with Crippen molar-refractivity contribution in [2.45, 2.75) is 11.8 Å². The fraction of sp³-hybridized carbons (Fsp3) is 0.0909. The Labute approximate surface area is 183 Å². The predicted molar refractivity (Wildman–Crippen MR) is 123 cm³/mol. The summed E-state index contributed by atoms with van der Waals surface area (Å²) in [6.07, 6.45) is 0. The summed E-state index contributed by atoms with van der Waals surface area (Å²) < 4.78 is 30.0. The predicted octanol–water partition coefficient (Wildman–Crippen LogP) is 3.96. The Bertz CT molecular complexity index is 1450. The van der Waals surface area contributed by atoms with Crippen LogP contribution in [0.25, 0.3) is 10.2 Å². The zero-order valence-corrected chi connectivity index (χ0v) is 18.4. The number of thiazole rings is 1. The molecule has 3 aromatic carbocycles. The summed E-state index contributed by atoms with van der Waals surface area (Å²) in [5, 5.41) is 2.79. The first-order chi connectivity index (χ1) is 14.7. The monoisotopic (exact) mass is 453 g/mol. The highest BCUT2D eigenvalue weighted by Crippen LogP contribution is 2.22. The number of amides is 1. The van der Waals surface area contributed by atoms with Gasteiger partial charge in [0.15, 0.2) is 0 Å². The minimum absolute atomic E-state index is 0.0768. The number of aryl methyl sites for hydroxylation is 2. The van der Waals surface area contributed by atoms with E-state index in [4.69, 9.17) is 0 Å². The van der Waals surface area contributed by atoms with E-state index in [-0.39, 0.29) is 21.4 Å². The number of carbonyl (C=O) groups excluding carboxylic acids is 1. The lowest BCUT2D eigenvalue weighted by atomic mass is 10.2. The number of rotatable bonds is 5. The van der Waals surface area contributed by atoms with Crippen molar-refractivity contribution in [3.05, 3.63) is 87.5 Å². The third kappa shape index (κ3) is 4.37. The second-order valence-electron chi connectivity index (χ2n) is 7.06. The second-order valence-corrected chi connectivity index (χ2v) is 9.74. The van der Waals surface area contributed by atoms with E-state index >= 15 is 0 Å². The summed E-state index contributed by atoms with van der Waals surface area (Å²) >= 11 is 1.10. The van der Waals surface area contributed by atoms with Crippen LogP contribution in [0.5, 0.6) is 0 Å². The molecule has 1 amide bonds. The fourth-order valence-electron chi connectivity index (χ4n) is 3.07. The highest BCUT2D eigenvalue weighted by molar-refractivity contribution is 7.92. The minimum Gasteiger partial charge on any atom is -0.322 e. The van der Waals surface area contributed by atoms with Gasteiger partial charge < -0.3 is 9.88 Å². The van der Waals surface area contributed by atoms with Gasteiger partial charge in [0.2, 0.25) is 0 Å². The maximum absolute atomic E-state index is 12.7. The molecule has 1 heterocycles. The molecule has 31 heavy (non-hydrogen) atoms. The van der Waals surface area contributed by atoms with Crippen molar-refractivity contribution in [3.63, 3.8) is 0 Å². The summed E-state index contributed by atoms with van der Waals surface area (Å²) in [6.45, 7) is 1.88. The molecule has 0 bridgehead atoms. The van der Waals surface area contributed by atoms with E-state index < -0.39 is 10.0 Å². The number of benzene rings is 3. The lowest BCUT2D eigenvalue weighted by molar-refractivity contribution is 0.102. The molecular formula is C22H19N3O4S2. The number of hydrogen-bond acceptors (Lipinski definition) is 5. The van der Waals surface area contributed by atoms with Crippen LogP contribution >= 0.6 is 11.3 Å². The number of nitrogens with one attached hydrogen (secondary N) is 2. The van der Waals surface area contributed by atoms with Crippen LogP contribution in [0.3, 0.4) is 0 Å². The van der Waals surface area contributed by atoms with Crippen molar-refractivity contribution >= 4 is 48.9 Å². The molecule has 0 atom stereocenters. The second kappa shape index (κ2) is 8.01. The molecule has 9 heteroatoms. The summed E-state index contributed by atoms with van der Waals surface area (Å²) in [5.41, 5.74) is 2.87. The quantitative estimate of drug-likeness (QED) is 0.478. The molecule has 0 saturated carbocycles. The summed E-state index contributed by atoms with van der Waals surface area (Å²) in [5.74, 6) is -0.390. The first-order valence-corrected chi connectivity index (χ1v) is 11.6. The number of sulfonamides is 1. The van der Waals surface area contributed by atoms with Crippen LogP contribution in [0.1, 0.15) is 15.9 Å². The fourth-order valence-corrected chi connectivity index (χ4v) is 5.04. The molecule has 0 fully saturated rings. The summed E-state index contributed by atoms with van der Waals surface area (Å²) in [6, 6.07) is 18.0. The van der Waals surface area contributed by atoms with Crippen molar-refractivity contribution in [2.75, 3.05) is 10.0 Å². The number of hydrogen-bond donors (Lipinski definition) is 2. The molecule has 1 aromatic heterocycles. The molecule has 4 aromatic rings. The Morgan fingerprint density at radius 1 is 0.968 bits per heavy atom. The zero-order valence-electron chi connectivity index (χ0n) is 16.7. The first-order valence-electron chi connectivity index (χ1n) is 9.33. The van der Waals surface area contributed by atoms with Crippen LogP contribution in [-0.4, -0.2) is 18.9 Å². The van der Waals surface area contributed by atoms with Crippen molar-refractivity contribution < 1.29 is 13.2 Å². The van der Waals surface area contributed by atoms with E-state index in [1.165, 1.54) is 18.2 Å². The third-order valence-electron chi connectivity index (χ3n) is 4.76. The maximum Gasteiger partial charge on any atom is 0.307 e. The van der Waals surface area contributed by atoms with Crippen molar-refractivity contribution in [3.8, 4) is 0 Å². The van der Waals surface area contributed by atoms with Gasteiger partial charge in [-0.2, -0.15) is 0 Å². The van der Waals surface area contributed by atoms with Gasteiger partial charge in [-0.3, -0.25) is 14.3 Å². The average molecular weight is 454 g/mol. The number of anilines is 2. The normalized spacial score (nSPS) is 11.4. The van der Waals surface area contributed by atoms with Gasteiger partial charge >= 0.3 is 4.87 Å². The van der Waals surface area contributed by atoms with Crippen LogP contribution in [0.15, 0.2) is 76.4 Å². The zero-order chi connectivity index (χ0) is 22.2. The lowest BCUT2D eigenvalue weighted by Gasteiger charge is -2.10. The summed E-state index contributed by atoms with van der Waals surface area (Å²) in [7, 11) is -2.07. The van der Waals surface area contributed by atoms with Crippen molar-refractivity contribution in [1.29, 1.82) is 0 Å². The Kier molecular flexibility index (Phi) is 5.38. The maximum atomic E-state index is 12.7. The standard InChI is InChI=1S/C22H19N3O4S2/c1-14-6-9-18(10-7-14)31(28,29)24-17-5-3-4-15(12-17)21(26)23-16-8-11-19-20(13-16)30-22(27)25(19)2/h3-13,24H,1-2H3,(H,23,26). The Balaban J connectivity index is 1.54. The molecule has 0 aliphatic rings. The largest absolute Gasteiger partial charge is 0.322 e. The molecule has 2 N–H and O–H groups in total. The van der Waals surface area contributed by atoms with Crippen LogP contribution in [-0.2, 0) is 17.1 Å². The highest BCUT2D eigenvalue weighted by Gasteiger charge is 2.15. The Morgan fingerprint density at radius 2 is 1.71 bits per heavy atom. The molecule has 4 rings (SSSR count). The average Bonchev–Trinajstić information content (AvgIpc) is 3.01. The van der Waals surface area contributed by atoms with E-state index in [0.29, 0.717) is 11.3 Å². The van der Waals surface area contributed by atoms with Crippen molar-refractivity contribution in [1.82, 2.24) is 4.57 Å². The molecular weight excluding hydrogens is 434 g/mol. The van der Waals surface area contributed by atoms with Crippen LogP contribution in [0, 0.1) is 6.92 Å². The van der Waals surface area contributed by atoms with Gasteiger partial charge in [-0.15, -0.1) is 0 Å². The van der Waals surface area contributed by atoms with Gasteiger partial charge in [0.05, 0.1) is 15.1 Å². The van der Waals surface area contributed by atoms with Gasteiger partial charge in [0, 0.05) is 24.0 Å². The van der Waals surface area contributed by atoms with E-state index in [1.54, 1.807) is 60.1 Å². The lowest BCUT2D eigenvalue weighted by Crippen LogP contribution is -2.15. The number of carbonyl (C=O) groups is 1. The molecule has 0 unspecified atom stereocenters. The number of fused-ring (bicyclic) bond motifs is 1. The summed E-state index contributed by atoms with van der Waals surface area (Å²) in [4.78, 5) is 24.6. The van der Waals surface area contributed by atoms with E-state index in [0.717, 1.165) is 27.1 Å². The SMILES string of the molecule is Cc1ccc(S(=O)(=O)Nc2cccc(C(=O)Nc3ccc4c(c3)sc(=O)n4C)c2)cc1. The molecule has 0 aliphatic heterocycles. The third-order valence-corrected chi connectivity index (χ3v) is 7.15. The first kappa shape index (κ1) is 20.8. The van der Waals surface area contributed by atoms with Crippen LogP contribution in [0.2, 0.25) is 0 Å². The van der Waals surface area contributed by atoms with Crippen molar-refractivity contribution in [2.24, 2.45) is 7.05 Å². The highest BCUT2D eigenvalue weighted by atomic mass is 32.2. The van der Waals surface area contributed by atoms with E-state index in [1.807, 2.05) is 6.92 Å². The van der Waals surface area contributed by atoms with Crippen LogP contribution in [0.4, 0.5) is 11.4 Å². The molecule has 0 saturated heterocycles. The molecule has 158 valence electrons. The van der Waals surface area contributed by atoms with Crippen LogP contribution < -0.4 is 14.9 Å². The molecule has 0 spiro atoms. The van der Waals surface area contributed by atoms with Gasteiger partial charge in [0.25, 0.3) is 15.9 Å². The van der Waals surface area contributed by atoms with Gasteiger partial charge in [0.1, 0.15) is 0 Å². The molecule has 0 aliphatic carbocycles. The van der Waals surface area contributed by atoms with E-state index in [9.17, 15) is 18.0 Å². The minimum atomic E-state index is -3.77. The topological polar surface area (TPSA) is 97.3 Å². The van der Waals surface area contributed by atoms with E-state index in [2.05, 4.69) is 10.0 Å². The van der Waals surface area contributed by atoms with Gasteiger partial charge in [-0.25, -0.2) is 8.42 Å². The Morgan fingerprint density at radius 3 is 2.45 bits per heavy atom. The Hall–Kier alpha value is -3.43. The van der Waals surface area contributed by atoms with Gasteiger partial charge in [-0.1, -0.05) is 35.1 Å². The molecule has 0 radical (unpaired) electrons. The van der Waals surface area contributed by atoms with Gasteiger partial charge in [-0.05, 0) is 55.5 Å². The smallest absolute Gasteiger partial charge is 0.307 e. The number of nitrogens with zero attached hydrogens (tertiary/aromatic N) is 1. The molecule has 7 nitrogen and oxygen atoms in total. The number of aromatic nitrogens is 1.